The summed E-state index contributed by atoms with van der Waals surface area (Å²) in [6.45, 7) is 4.65. The second-order valence-corrected chi connectivity index (χ2v) is 4.51. The third kappa shape index (κ3) is 4.23. The molecule has 1 atom stereocenters. The standard InChI is InChI=1S/C13H19F2NO2/c1-3-6-16-13(2,8-17)9-18-10-4-5-11(14)12(15)7-10/h4-5,7,16-17H,3,6,8-9H2,1-2H3. The van der Waals surface area contributed by atoms with Crippen LogP contribution >= 0.6 is 0 Å². The number of aliphatic hydroxyl groups is 1. The van der Waals surface area contributed by atoms with Crippen LogP contribution in [0.4, 0.5) is 8.78 Å². The molecule has 1 aromatic carbocycles. The number of ether oxygens (including phenoxy) is 1. The predicted octanol–water partition coefficient (Wildman–Crippen LogP) is 2.09. The van der Waals surface area contributed by atoms with Gasteiger partial charge in [0.1, 0.15) is 12.4 Å². The quantitative estimate of drug-likeness (QED) is 0.788. The number of halogens is 2. The molecule has 0 amide bonds. The molecule has 5 heteroatoms. The van der Waals surface area contributed by atoms with Crippen molar-refractivity contribution in [2.75, 3.05) is 19.8 Å². The van der Waals surface area contributed by atoms with E-state index in [1.807, 2.05) is 13.8 Å². The Morgan fingerprint density at radius 2 is 2.06 bits per heavy atom. The van der Waals surface area contributed by atoms with Gasteiger partial charge in [-0.15, -0.1) is 0 Å². The number of benzene rings is 1. The molecule has 0 fully saturated rings. The molecular weight excluding hydrogens is 240 g/mol. The van der Waals surface area contributed by atoms with Crippen LogP contribution in [0.15, 0.2) is 18.2 Å². The molecule has 2 N–H and O–H groups in total. The highest BCUT2D eigenvalue weighted by Crippen LogP contribution is 2.17. The molecule has 1 unspecified atom stereocenters. The molecule has 0 saturated heterocycles. The van der Waals surface area contributed by atoms with Crippen molar-refractivity contribution < 1.29 is 18.6 Å². The van der Waals surface area contributed by atoms with Crippen LogP contribution in [-0.2, 0) is 0 Å². The zero-order valence-corrected chi connectivity index (χ0v) is 10.7. The Morgan fingerprint density at radius 3 is 2.61 bits per heavy atom. The van der Waals surface area contributed by atoms with E-state index in [1.54, 1.807) is 0 Å². The number of aliphatic hydroxyl groups excluding tert-OH is 1. The molecule has 0 aliphatic carbocycles. The van der Waals surface area contributed by atoms with E-state index in [0.717, 1.165) is 25.1 Å². The molecule has 0 bridgehead atoms. The number of nitrogens with one attached hydrogen (secondary N) is 1. The van der Waals surface area contributed by atoms with Crippen LogP contribution in [0.2, 0.25) is 0 Å². The molecule has 0 aliphatic rings. The molecule has 0 aromatic heterocycles. The number of hydrogen-bond acceptors (Lipinski definition) is 3. The van der Waals surface area contributed by atoms with Gasteiger partial charge in [-0.3, -0.25) is 0 Å². The van der Waals surface area contributed by atoms with Gasteiger partial charge in [-0.25, -0.2) is 8.78 Å². The van der Waals surface area contributed by atoms with E-state index in [9.17, 15) is 13.9 Å². The topological polar surface area (TPSA) is 41.5 Å². The average Bonchev–Trinajstić information content (AvgIpc) is 2.38. The zero-order chi connectivity index (χ0) is 13.6. The first-order valence-corrected chi connectivity index (χ1v) is 5.94. The fraction of sp³-hybridized carbons (Fsp3) is 0.538. The lowest BCUT2D eigenvalue weighted by Crippen LogP contribution is -2.50. The van der Waals surface area contributed by atoms with Crippen LogP contribution in [0.1, 0.15) is 20.3 Å². The highest BCUT2D eigenvalue weighted by atomic mass is 19.2. The fourth-order valence-electron chi connectivity index (χ4n) is 1.39. The van der Waals surface area contributed by atoms with Gasteiger partial charge in [-0.05, 0) is 32.0 Å². The van der Waals surface area contributed by atoms with Crippen molar-refractivity contribution in [3.63, 3.8) is 0 Å². The molecule has 1 rings (SSSR count). The molecular formula is C13H19F2NO2. The van der Waals surface area contributed by atoms with Gasteiger partial charge < -0.3 is 15.2 Å². The normalized spacial score (nSPS) is 14.3. The van der Waals surface area contributed by atoms with Crippen molar-refractivity contribution in [1.29, 1.82) is 0 Å². The Balaban J connectivity index is 2.58. The van der Waals surface area contributed by atoms with Crippen molar-refractivity contribution in [2.24, 2.45) is 0 Å². The second-order valence-electron chi connectivity index (χ2n) is 4.51. The summed E-state index contributed by atoms with van der Waals surface area (Å²) < 4.78 is 31.1. The van der Waals surface area contributed by atoms with Crippen LogP contribution in [-0.4, -0.2) is 30.4 Å². The first-order valence-electron chi connectivity index (χ1n) is 5.94. The summed E-state index contributed by atoms with van der Waals surface area (Å²) in [6.07, 6.45) is 0.931. The van der Waals surface area contributed by atoms with Gasteiger partial charge in [0.15, 0.2) is 11.6 Å². The van der Waals surface area contributed by atoms with Gasteiger partial charge in [0, 0.05) is 6.07 Å². The van der Waals surface area contributed by atoms with E-state index >= 15 is 0 Å². The first kappa shape index (κ1) is 14.9. The third-order valence-electron chi connectivity index (χ3n) is 2.60. The molecule has 0 heterocycles. The second kappa shape index (κ2) is 6.66. The van der Waals surface area contributed by atoms with Gasteiger partial charge in [0.25, 0.3) is 0 Å². The van der Waals surface area contributed by atoms with E-state index < -0.39 is 17.2 Å². The lowest BCUT2D eigenvalue weighted by atomic mass is 10.1. The van der Waals surface area contributed by atoms with Gasteiger partial charge in [-0.1, -0.05) is 6.92 Å². The average molecular weight is 259 g/mol. The summed E-state index contributed by atoms with van der Waals surface area (Å²) in [6, 6.07) is 3.36. The van der Waals surface area contributed by atoms with Crippen LogP contribution < -0.4 is 10.1 Å². The molecule has 0 saturated carbocycles. The van der Waals surface area contributed by atoms with Gasteiger partial charge in [-0.2, -0.15) is 0 Å². The highest BCUT2D eigenvalue weighted by Gasteiger charge is 2.23. The number of rotatable bonds is 7. The summed E-state index contributed by atoms with van der Waals surface area (Å²) >= 11 is 0. The van der Waals surface area contributed by atoms with Gasteiger partial charge in [0.05, 0.1) is 12.1 Å². The van der Waals surface area contributed by atoms with Crippen LogP contribution in [0.3, 0.4) is 0 Å². The Hall–Kier alpha value is -1.20. The molecule has 0 aliphatic heterocycles. The molecule has 1 aromatic rings. The van der Waals surface area contributed by atoms with Crippen molar-refractivity contribution in [3.05, 3.63) is 29.8 Å². The molecule has 102 valence electrons. The highest BCUT2D eigenvalue weighted by molar-refractivity contribution is 5.23. The van der Waals surface area contributed by atoms with Gasteiger partial charge in [0.2, 0.25) is 0 Å². The lowest BCUT2D eigenvalue weighted by Gasteiger charge is -2.28. The maximum absolute atomic E-state index is 13.0. The van der Waals surface area contributed by atoms with Crippen LogP contribution in [0.5, 0.6) is 5.75 Å². The van der Waals surface area contributed by atoms with Crippen LogP contribution in [0, 0.1) is 11.6 Å². The Kier molecular flexibility index (Phi) is 5.50. The lowest BCUT2D eigenvalue weighted by molar-refractivity contribution is 0.116. The Morgan fingerprint density at radius 1 is 1.33 bits per heavy atom. The maximum Gasteiger partial charge on any atom is 0.162 e. The minimum absolute atomic E-state index is 0.101. The van der Waals surface area contributed by atoms with Crippen molar-refractivity contribution in [2.45, 2.75) is 25.8 Å². The molecule has 18 heavy (non-hydrogen) atoms. The van der Waals surface area contributed by atoms with E-state index in [4.69, 9.17) is 4.74 Å². The minimum Gasteiger partial charge on any atom is -0.491 e. The largest absolute Gasteiger partial charge is 0.491 e. The zero-order valence-electron chi connectivity index (χ0n) is 10.7. The predicted molar refractivity (Wildman–Crippen MR) is 65.6 cm³/mol. The summed E-state index contributed by atoms with van der Waals surface area (Å²) in [5.41, 5.74) is -0.596. The van der Waals surface area contributed by atoms with Crippen LogP contribution in [0.25, 0.3) is 0 Å². The monoisotopic (exact) mass is 259 g/mol. The van der Waals surface area contributed by atoms with Gasteiger partial charge >= 0.3 is 0 Å². The van der Waals surface area contributed by atoms with E-state index in [-0.39, 0.29) is 19.0 Å². The van der Waals surface area contributed by atoms with E-state index in [1.165, 1.54) is 6.07 Å². The molecule has 0 radical (unpaired) electrons. The Bertz CT molecular complexity index is 387. The van der Waals surface area contributed by atoms with E-state index in [2.05, 4.69) is 5.32 Å². The number of hydrogen-bond donors (Lipinski definition) is 2. The first-order chi connectivity index (χ1) is 8.50. The van der Waals surface area contributed by atoms with Crippen molar-refractivity contribution in [3.8, 4) is 5.75 Å². The summed E-state index contributed by atoms with van der Waals surface area (Å²) in [5.74, 6) is -1.61. The summed E-state index contributed by atoms with van der Waals surface area (Å²) in [5, 5.41) is 12.5. The maximum atomic E-state index is 13.0. The minimum atomic E-state index is -0.945. The van der Waals surface area contributed by atoms with E-state index in [0.29, 0.717) is 0 Å². The fourth-order valence-corrected chi connectivity index (χ4v) is 1.39. The smallest absolute Gasteiger partial charge is 0.162 e. The van der Waals surface area contributed by atoms with Crippen molar-refractivity contribution in [1.82, 2.24) is 5.32 Å². The molecule has 3 nitrogen and oxygen atoms in total. The summed E-state index contributed by atoms with van der Waals surface area (Å²) in [4.78, 5) is 0. The molecule has 0 spiro atoms. The third-order valence-corrected chi connectivity index (χ3v) is 2.60. The SMILES string of the molecule is CCCNC(C)(CO)COc1ccc(F)c(F)c1. The van der Waals surface area contributed by atoms with Crippen molar-refractivity contribution >= 4 is 0 Å². The summed E-state index contributed by atoms with van der Waals surface area (Å²) in [7, 11) is 0. The Labute approximate surface area is 106 Å².